The van der Waals surface area contributed by atoms with Crippen LogP contribution in [0.3, 0.4) is 0 Å². The van der Waals surface area contributed by atoms with Gasteiger partial charge in [0.25, 0.3) is 5.91 Å². The van der Waals surface area contributed by atoms with E-state index >= 15 is 0 Å². The maximum Gasteiger partial charge on any atom is 0.251 e. The number of carbonyl (C=O) groups is 1. The maximum absolute atomic E-state index is 12.5. The first-order valence-electron chi connectivity index (χ1n) is 8.85. The molecule has 0 unspecified atom stereocenters. The van der Waals surface area contributed by atoms with Crippen LogP contribution in [0.2, 0.25) is 0 Å². The van der Waals surface area contributed by atoms with E-state index in [0.29, 0.717) is 28.5 Å². The number of carbonyl (C=O) groups excluding carboxylic acids is 1. The lowest BCUT2D eigenvalue weighted by Gasteiger charge is -2.14. The molecule has 0 radical (unpaired) electrons. The summed E-state index contributed by atoms with van der Waals surface area (Å²) in [5.41, 5.74) is 2.49. The van der Waals surface area contributed by atoms with Gasteiger partial charge in [-0.05, 0) is 43.9 Å². The zero-order valence-electron chi connectivity index (χ0n) is 14.4. The quantitative estimate of drug-likeness (QED) is 0.725. The lowest BCUT2D eigenvalue weighted by molar-refractivity contribution is 0.0935. The van der Waals surface area contributed by atoms with Crippen LogP contribution in [0, 0.1) is 0 Å². The molecule has 0 aliphatic heterocycles. The summed E-state index contributed by atoms with van der Waals surface area (Å²) < 4.78 is 10.9. The summed E-state index contributed by atoms with van der Waals surface area (Å²) in [5.74, 6) is 1.11. The molecule has 25 heavy (non-hydrogen) atoms. The second-order valence-corrected chi connectivity index (χ2v) is 6.57. The Labute approximate surface area is 145 Å². The van der Waals surface area contributed by atoms with Crippen molar-refractivity contribution in [2.75, 3.05) is 0 Å². The Kier molecular flexibility index (Phi) is 4.03. The summed E-state index contributed by atoms with van der Waals surface area (Å²) >= 11 is 0. The van der Waals surface area contributed by atoms with E-state index in [9.17, 15) is 4.79 Å². The lowest BCUT2D eigenvalue weighted by Crippen LogP contribution is -2.33. The topological polar surface area (TPSA) is 81.2 Å². The molecule has 6 heteroatoms. The van der Waals surface area contributed by atoms with Crippen molar-refractivity contribution in [2.45, 2.75) is 51.5 Å². The van der Waals surface area contributed by atoms with E-state index in [2.05, 4.69) is 29.3 Å². The largest absolute Gasteiger partial charge is 0.448 e. The fraction of sp³-hybridized carbons (Fsp3) is 0.421. The fourth-order valence-electron chi connectivity index (χ4n) is 2.94. The third-order valence-electron chi connectivity index (χ3n) is 4.74. The van der Waals surface area contributed by atoms with Gasteiger partial charge in [-0.3, -0.25) is 4.79 Å². The minimum absolute atomic E-state index is 0.0819. The molecule has 1 saturated carbocycles. The lowest BCUT2D eigenvalue weighted by atomic mass is 10.1. The molecule has 1 aromatic carbocycles. The van der Waals surface area contributed by atoms with Gasteiger partial charge in [0, 0.05) is 17.5 Å². The van der Waals surface area contributed by atoms with Crippen molar-refractivity contribution in [1.82, 2.24) is 15.5 Å². The van der Waals surface area contributed by atoms with Gasteiger partial charge < -0.3 is 14.3 Å². The van der Waals surface area contributed by atoms with Crippen molar-refractivity contribution < 1.29 is 13.7 Å². The van der Waals surface area contributed by atoms with Gasteiger partial charge in [0.15, 0.2) is 11.5 Å². The van der Waals surface area contributed by atoms with Crippen molar-refractivity contribution in [3.05, 3.63) is 35.9 Å². The number of hydrogen-bond donors (Lipinski definition) is 1. The standard InChI is InChI=1S/C19H21N3O3/c1-3-13(4-2)20-18(23)12-7-8-16-14(9-12)17(22-25-16)15-10-24-19(21-15)11-5-6-11/h7-11,13H,3-6H2,1-2H3,(H,20,23). The molecule has 130 valence electrons. The van der Waals surface area contributed by atoms with Crippen LogP contribution in [0.4, 0.5) is 0 Å². The van der Waals surface area contributed by atoms with Gasteiger partial charge in [-0.2, -0.15) is 0 Å². The highest BCUT2D eigenvalue weighted by Crippen LogP contribution is 2.40. The van der Waals surface area contributed by atoms with Crippen molar-refractivity contribution in [1.29, 1.82) is 0 Å². The van der Waals surface area contributed by atoms with Crippen LogP contribution < -0.4 is 5.32 Å². The minimum atomic E-state index is -0.0819. The molecule has 1 amide bonds. The number of rotatable bonds is 6. The van der Waals surface area contributed by atoms with E-state index in [1.54, 1.807) is 18.4 Å². The van der Waals surface area contributed by atoms with Gasteiger partial charge >= 0.3 is 0 Å². The molecule has 1 fully saturated rings. The van der Waals surface area contributed by atoms with Gasteiger partial charge in [-0.15, -0.1) is 0 Å². The highest BCUT2D eigenvalue weighted by molar-refractivity contribution is 6.00. The molecule has 1 aliphatic rings. The SMILES string of the molecule is CCC(CC)NC(=O)c1ccc2onc(-c3coc(C4CC4)n3)c2c1. The van der Waals surface area contributed by atoms with Gasteiger partial charge in [0.2, 0.25) is 0 Å². The molecule has 3 aromatic rings. The molecule has 4 rings (SSSR count). The molecular formula is C19H21N3O3. The van der Waals surface area contributed by atoms with Gasteiger partial charge in [0.1, 0.15) is 17.7 Å². The predicted octanol–water partition coefficient (Wildman–Crippen LogP) is 4.28. The number of hydrogen-bond acceptors (Lipinski definition) is 5. The molecule has 0 atom stereocenters. The van der Waals surface area contributed by atoms with E-state index in [1.165, 1.54) is 0 Å². The summed E-state index contributed by atoms with van der Waals surface area (Å²) in [6.45, 7) is 4.13. The first-order valence-corrected chi connectivity index (χ1v) is 8.85. The Morgan fingerprint density at radius 3 is 2.84 bits per heavy atom. The third-order valence-corrected chi connectivity index (χ3v) is 4.74. The van der Waals surface area contributed by atoms with Crippen LogP contribution in [0.25, 0.3) is 22.4 Å². The average Bonchev–Trinajstić information content (AvgIpc) is 3.22. The van der Waals surface area contributed by atoms with Crippen molar-refractivity contribution >= 4 is 16.9 Å². The van der Waals surface area contributed by atoms with Crippen molar-refractivity contribution in [3.63, 3.8) is 0 Å². The van der Waals surface area contributed by atoms with E-state index in [0.717, 1.165) is 37.0 Å². The van der Waals surface area contributed by atoms with Crippen LogP contribution in [0.5, 0.6) is 0 Å². The zero-order chi connectivity index (χ0) is 17.4. The Hall–Kier alpha value is -2.63. The molecule has 1 N–H and O–H groups in total. The van der Waals surface area contributed by atoms with E-state index in [-0.39, 0.29) is 11.9 Å². The molecule has 0 bridgehead atoms. The van der Waals surface area contributed by atoms with Crippen LogP contribution in [-0.4, -0.2) is 22.1 Å². The fourth-order valence-corrected chi connectivity index (χ4v) is 2.94. The number of benzene rings is 1. The number of oxazole rings is 1. The van der Waals surface area contributed by atoms with E-state index < -0.39 is 0 Å². The Morgan fingerprint density at radius 2 is 2.12 bits per heavy atom. The van der Waals surface area contributed by atoms with Crippen LogP contribution in [0.1, 0.15) is 61.7 Å². The second kappa shape index (κ2) is 6.35. The molecule has 2 aromatic heterocycles. The normalized spacial score (nSPS) is 14.4. The van der Waals surface area contributed by atoms with Crippen LogP contribution in [-0.2, 0) is 0 Å². The van der Waals surface area contributed by atoms with Crippen molar-refractivity contribution in [2.24, 2.45) is 0 Å². The van der Waals surface area contributed by atoms with Crippen LogP contribution in [0.15, 0.2) is 33.4 Å². The van der Waals surface area contributed by atoms with Crippen LogP contribution >= 0.6 is 0 Å². The van der Waals surface area contributed by atoms with E-state index in [1.807, 2.05) is 6.07 Å². The summed E-state index contributed by atoms with van der Waals surface area (Å²) in [6.07, 6.45) is 5.68. The maximum atomic E-state index is 12.5. The molecule has 6 nitrogen and oxygen atoms in total. The third kappa shape index (κ3) is 3.04. The first-order chi connectivity index (χ1) is 12.2. The Morgan fingerprint density at radius 1 is 1.32 bits per heavy atom. The summed E-state index contributed by atoms with van der Waals surface area (Å²) in [7, 11) is 0. The van der Waals surface area contributed by atoms with Crippen molar-refractivity contribution in [3.8, 4) is 11.4 Å². The Balaban J connectivity index is 1.66. The number of fused-ring (bicyclic) bond motifs is 1. The number of amides is 1. The molecule has 2 heterocycles. The second-order valence-electron chi connectivity index (χ2n) is 6.57. The summed E-state index contributed by atoms with van der Waals surface area (Å²) in [4.78, 5) is 17.0. The van der Waals surface area contributed by atoms with Gasteiger partial charge in [-0.25, -0.2) is 4.98 Å². The number of nitrogens with one attached hydrogen (secondary N) is 1. The molecule has 0 saturated heterocycles. The molecule has 0 spiro atoms. The zero-order valence-corrected chi connectivity index (χ0v) is 14.4. The predicted molar refractivity (Wildman–Crippen MR) is 93.3 cm³/mol. The minimum Gasteiger partial charge on any atom is -0.448 e. The number of nitrogens with zero attached hydrogens (tertiary/aromatic N) is 2. The number of aromatic nitrogens is 2. The summed E-state index contributed by atoms with van der Waals surface area (Å²) in [6, 6.07) is 5.52. The van der Waals surface area contributed by atoms with Gasteiger partial charge in [-0.1, -0.05) is 19.0 Å². The molecule has 1 aliphatic carbocycles. The highest BCUT2D eigenvalue weighted by atomic mass is 16.5. The monoisotopic (exact) mass is 339 g/mol. The molecular weight excluding hydrogens is 318 g/mol. The average molecular weight is 339 g/mol. The summed E-state index contributed by atoms with van der Waals surface area (Å²) in [5, 5.41) is 7.95. The Bertz CT molecular complexity index is 904. The van der Waals surface area contributed by atoms with Gasteiger partial charge in [0.05, 0.1) is 5.39 Å². The smallest absolute Gasteiger partial charge is 0.251 e. The first kappa shape index (κ1) is 15.9. The highest BCUT2D eigenvalue weighted by Gasteiger charge is 2.29. The van der Waals surface area contributed by atoms with E-state index in [4.69, 9.17) is 8.94 Å².